The van der Waals surface area contributed by atoms with Gasteiger partial charge in [-0.2, -0.15) is 0 Å². The minimum absolute atomic E-state index is 0.0666. The van der Waals surface area contributed by atoms with Gasteiger partial charge in [-0.1, -0.05) is 29.8 Å². The first-order chi connectivity index (χ1) is 11.9. The lowest BCUT2D eigenvalue weighted by Gasteiger charge is -2.20. The van der Waals surface area contributed by atoms with E-state index in [9.17, 15) is 9.59 Å². The van der Waals surface area contributed by atoms with Crippen LogP contribution < -0.4 is 5.32 Å². The molecule has 1 aromatic carbocycles. The lowest BCUT2D eigenvalue weighted by molar-refractivity contribution is -0.135. The van der Waals surface area contributed by atoms with Crippen molar-refractivity contribution in [3.05, 3.63) is 40.9 Å². The van der Waals surface area contributed by atoms with Gasteiger partial charge in [0.25, 0.3) is 0 Å². The number of likely N-dealkylation sites (N-methyl/N-ethyl adjacent to an activating group) is 1. The first-order valence-electron chi connectivity index (χ1n) is 8.47. The molecule has 6 heteroatoms. The molecule has 0 aliphatic rings. The predicted octanol–water partition coefficient (Wildman–Crippen LogP) is 3.03. The molecule has 0 atom stereocenters. The second-order valence-corrected chi connectivity index (χ2v) is 7.18. The highest BCUT2D eigenvalue weighted by Crippen LogP contribution is 2.24. The first kappa shape index (κ1) is 19.1. The summed E-state index contributed by atoms with van der Waals surface area (Å²) in [5.41, 5.74) is 3.00. The van der Waals surface area contributed by atoms with Crippen LogP contribution in [0.3, 0.4) is 0 Å². The van der Waals surface area contributed by atoms with Gasteiger partial charge in [0, 0.05) is 23.5 Å². The lowest BCUT2D eigenvalue weighted by atomic mass is 10.2. The molecule has 134 valence electrons. The molecule has 1 heterocycles. The Kier molecular flexibility index (Phi) is 6.70. The van der Waals surface area contributed by atoms with Crippen LogP contribution in [0.4, 0.5) is 0 Å². The maximum atomic E-state index is 12.5. The molecule has 1 aromatic heterocycles. The number of benzene rings is 1. The molecule has 1 N–H and O–H groups in total. The highest BCUT2D eigenvalue weighted by molar-refractivity contribution is 7.13. The number of rotatable bonds is 7. The highest BCUT2D eigenvalue weighted by atomic mass is 32.1. The molecular weight excluding hydrogens is 334 g/mol. The molecule has 0 spiro atoms. The van der Waals surface area contributed by atoms with Crippen LogP contribution in [0.5, 0.6) is 0 Å². The van der Waals surface area contributed by atoms with Crippen molar-refractivity contribution in [3.8, 4) is 10.6 Å². The summed E-state index contributed by atoms with van der Waals surface area (Å²) in [6.07, 6.45) is 0.213. The van der Waals surface area contributed by atoms with E-state index >= 15 is 0 Å². The Morgan fingerprint density at radius 2 is 1.92 bits per heavy atom. The van der Waals surface area contributed by atoms with Gasteiger partial charge in [-0.25, -0.2) is 4.98 Å². The van der Waals surface area contributed by atoms with Crippen LogP contribution >= 0.6 is 11.3 Å². The molecule has 5 nitrogen and oxygen atoms in total. The van der Waals surface area contributed by atoms with Crippen LogP contribution in [0.15, 0.2) is 29.6 Å². The predicted molar refractivity (Wildman–Crippen MR) is 102 cm³/mol. The Labute approximate surface area is 153 Å². The fourth-order valence-electron chi connectivity index (χ4n) is 2.40. The van der Waals surface area contributed by atoms with Crippen molar-refractivity contribution in [1.82, 2.24) is 15.2 Å². The Balaban J connectivity index is 1.99. The van der Waals surface area contributed by atoms with Crippen LogP contribution in [-0.2, 0) is 16.0 Å². The normalized spacial score (nSPS) is 10.8. The van der Waals surface area contributed by atoms with Crippen molar-refractivity contribution in [2.24, 2.45) is 0 Å². The summed E-state index contributed by atoms with van der Waals surface area (Å²) in [4.78, 5) is 30.5. The second-order valence-electron chi connectivity index (χ2n) is 6.32. The van der Waals surface area contributed by atoms with Gasteiger partial charge < -0.3 is 10.2 Å². The molecule has 0 radical (unpaired) electrons. The number of carbonyl (C=O) groups is 2. The zero-order valence-corrected chi connectivity index (χ0v) is 16.0. The highest BCUT2D eigenvalue weighted by Gasteiger charge is 2.18. The van der Waals surface area contributed by atoms with Crippen LogP contribution in [0, 0.1) is 6.92 Å². The number of aromatic nitrogens is 1. The third kappa shape index (κ3) is 5.67. The Morgan fingerprint density at radius 1 is 1.24 bits per heavy atom. The smallest absolute Gasteiger partial charge is 0.239 e. The zero-order valence-electron chi connectivity index (χ0n) is 15.2. The second kappa shape index (κ2) is 8.76. The summed E-state index contributed by atoms with van der Waals surface area (Å²) in [6, 6.07) is 8.24. The van der Waals surface area contributed by atoms with Gasteiger partial charge in [0.15, 0.2) is 0 Å². The van der Waals surface area contributed by atoms with Crippen molar-refractivity contribution in [3.63, 3.8) is 0 Å². The fourth-order valence-corrected chi connectivity index (χ4v) is 3.23. The molecule has 0 unspecified atom stereocenters. The van der Waals surface area contributed by atoms with Crippen LogP contribution in [0.1, 0.15) is 32.0 Å². The van der Waals surface area contributed by atoms with E-state index in [2.05, 4.69) is 10.3 Å². The number of hydrogen-bond donors (Lipinski definition) is 1. The third-order valence-corrected chi connectivity index (χ3v) is 4.64. The average Bonchev–Trinajstić information content (AvgIpc) is 3.01. The van der Waals surface area contributed by atoms with Gasteiger partial charge in [0.05, 0.1) is 18.7 Å². The summed E-state index contributed by atoms with van der Waals surface area (Å²) in [5, 5.41) is 5.63. The maximum Gasteiger partial charge on any atom is 0.239 e. The van der Waals surface area contributed by atoms with Gasteiger partial charge in [0.2, 0.25) is 11.8 Å². The van der Waals surface area contributed by atoms with Gasteiger partial charge >= 0.3 is 0 Å². The summed E-state index contributed by atoms with van der Waals surface area (Å²) in [5.74, 6) is -0.217. The Bertz CT molecular complexity index is 723. The topological polar surface area (TPSA) is 62.3 Å². The number of thiazole rings is 1. The summed E-state index contributed by atoms with van der Waals surface area (Å²) < 4.78 is 0. The van der Waals surface area contributed by atoms with E-state index in [1.807, 2.05) is 57.3 Å². The minimum atomic E-state index is -0.135. The number of carbonyl (C=O) groups excluding carboxylic acids is 2. The minimum Gasteiger partial charge on any atom is -0.352 e. The molecular formula is C19H25N3O2S. The lowest BCUT2D eigenvalue weighted by Crippen LogP contribution is -2.43. The van der Waals surface area contributed by atoms with Crippen molar-refractivity contribution < 1.29 is 9.59 Å². The van der Waals surface area contributed by atoms with E-state index in [0.29, 0.717) is 6.54 Å². The fraction of sp³-hybridized carbons (Fsp3) is 0.421. The van der Waals surface area contributed by atoms with E-state index in [1.165, 1.54) is 16.9 Å². The van der Waals surface area contributed by atoms with Crippen LogP contribution in [-0.4, -0.2) is 40.8 Å². The van der Waals surface area contributed by atoms with E-state index in [1.54, 1.807) is 4.90 Å². The van der Waals surface area contributed by atoms with Crippen molar-refractivity contribution >= 4 is 23.2 Å². The molecule has 2 amide bonds. The Hall–Kier alpha value is -2.21. The van der Waals surface area contributed by atoms with E-state index in [-0.39, 0.29) is 30.8 Å². The maximum absolute atomic E-state index is 12.5. The van der Waals surface area contributed by atoms with Gasteiger partial charge in [-0.05, 0) is 27.7 Å². The van der Waals surface area contributed by atoms with Gasteiger partial charge in [-0.15, -0.1) is 11.3 Å². The number of hydrogen-bond acceptors (Lipinski definition) is 4. The SMILES string of the molecule is CCN(CC(=O)NC(C)C)C(=O)Cc1csc(-c2ccc(C)cc2)n1. The quantitative estimate of drug-likeness (QED) is 0.826. The standard InChI is InChI=1S/C19H25N3O2S/c1-5-22(11-17(23)20-13(2)3)18(24)10-16-12-25-19(21-16)15-8-6-14(4)7-9-15/h6-9,12-13H,5,10-11H2,1-4H3,(H,20,23). The molecule has 0 aliphatic carbocycles. The molecule has 25 heavy (non-hydrogen) atoms. The molecule has 0 aliphatic heterocycles. The third-order valence-electron chi connectivity index (χ3n) is 3.70. The number of aryl methyl sites for hydroxylation is 1. The van der Waals surface area contributed by atoms with Crippen LogP contribution in [0.25, 0.3) is 10.6 Å². The summed E-state index contributed by atoms with van der Waals surface area (Å²) >= 11 is 1.53. The van der Waals surface area contributed by atoms with E-state index in [0.717, 1.165) is 16.3 Å². The Morgan fingerprint density at radius 3 is 2.52 bits per heavy atom. The number of nitrogens with one attached hydrogen (secondary N) is 1. The van der Waals surface area contributed by atoms with Gasteiger partial charge in [0.1, 0.15) is 5.01 Å². The van der Waals surface area contributed by atoms with Crippen molar-refractivity contribution in [2.75, 3.05) is 13.1 Å². The van der Waals surface area contributed by atoms with Crippen LogP contribution in [0.2, 0.25) is 0 Å². The van der Waals surface area contributed by atoms with Crippen molar-refractivity contribution in [2.45, 2.75) is 40.2 Å². The molecule has 0 fully saturated rings. The molecule has 0 saturated carbocycles. The number of amides is 2. The first-order valence-corrected chi connectivity index (χ1v) is 9.35. The summed E-state index contributed by atoms with van der Waals surface area (Å²) in [6.45, 7) is 8.31. The molecule has 2 rings (SSSR count). The zero-order chi connectivity index (χ0) is 18.4. The summed E-state index contributed by atoms with van der Waals surface area (Å²) in [7, 11) is 0. The van der Waals surface area contributed by atoms with E-state index in [4.69, 9.17) is 0 Å². The van der Waals surface area contributed by atoms with Gasteiger partial charge in [-0.3, -0.25) is 9.59 Å². The molecule has 0 saturated heterocycles. The van der Waals surface area contributed by atoms with E-state index < -0.39 is 0 Å². The largest absolute Gasteiger partial charge is 0.352 e. The molecule has 2 aromatic rings. The average molecular weight is 359 g/mol. The molecule has 0 bridgehead atoms. The monoisotopic (exact) mass is 359 g/mol. The van der Waals surface area contributed by atoms with Crippen molar-refractivity contribution in [1.29, 1.82) is 0 Å². The number of nitrogens with zero attached hydrogens (tertiary/aromatic N) is 2.